The largest absolute Gasteiger partial charge is 0.352 e. The maximum absolute atomic E-state index is 4.87. The van der Waals surface area contributed by atoms with E-state index in [-0.39, 0.29) is 0 Å². The second-order valence-electron chi connectivity index (χ2n) is 6.10. The molecular formula is C16H23N5. The number of piperazine rings is 1. The molecule has 1 N–H and O–H groups in total. The summed E-state index contributed by atoms with van der Waals surface area (Å²) >= 11 is 0. The predicted molar refractivity (Wildman–Crippen MR) is 84.8 cm³/mol. The van der Waals surface area contributed by atoms with Gasteiger partial charge in [0.2, 0.25) is 0 Å². The number of hydrogen-bond acceptors (Lipinski definition) is 4. The summed E-state index contributed by atoms with van der Waals surface area (Å²) in [5.74, 6) is 1.16. The minimum atomic E-state index is 0.851. The third-order valence-electron chi connectivity index (χ3n) is 4.63. The lowest BCUT2D eigenvalue weighted by molar-refractivity contribution is 0.247. The standard InChI is InChI=1S/C16H23N5/c1-17-12-14-16(18-15-4-2-3-7-21(14)15)20-10-8-19(9-11-20)13-5-6-13/h2-4,7,13,17H,5-6,8-12H2,1H3. The average molecular weight is 285 g/mol. The van der Waals surface area contributed by atoms with Crippen molar-refractivity contribution < 1.29 is 0 Å². The van der Waals surface area contributed by atoms with Gasteiger partial charge in [-0.2, -0.15) is 0 Å². The highest BCUT2D eigenvalue weighted by atomic mass is 15.3. The van der Waals surface area contributed by atoms with Crippen LogP contribution in [0.5, 0.6) is 0 Å². The molecular weight excluding hydrogens is 262 g/mol. The average Bonchev–Trinajstić information content (AvgIpc) is 3.31. The normalized spacial score (nSPS) is 20.3. The van der Waals surface area contributed by atoms with Crippen LogP contribution in [-0.4, -0.2) is 53.6 Å². The lowest BCUT2D eigenvalue weighted by atomic mass is 10.3. The van der Waals surface area contributed by atoms with Gasteiger partial charge in [0, 0.05) is 45.0 Å². The van der Waals surface area contributed by atoms with Gasteiger partial charge in [-0.1, -0.05) is 6.07 Å². The monoisotopic (exact) mass is 285 g/mol. The number of anilines is 1. The Bertz CT molecular complexity index is 623. The van der Waals surface area contributed by atoms with Crippen LogP contribution in [0.25, 0.3) is 5.65 Å². The Morgan fingerprint density at radius 3 is 2.71 bits per heavy atom. The Morgan fingerprint density at radius 2 is 2.00 bits per heavy atom. The van der Waals surface area contributed by atoms with Crippen LogP contribution in [0.15, 0.2) is 24.4 Å². The fourth-order valence-corrected chi connectivity index (χ4v) is 3.36. The number of rotatable bonds is 4. The Hall–Kier alpha value is -1.59. The van der Waals surface area contributed by atoms with Crippen LogP contribution in [0.4, 0.5) is 5.82 Å². The number of pyridine rings is 1. The Morgan fingerprint density at radius 1 is 1.19 bits per heavy atom. The van der Waals surface area contributed by atoms with E-state index in [2.05, 4.69) is 43.9 Å². The van der Waals surface area contributed by atoms with Gasteiger partial charge in [0.25, 0.3) is 0 Å². The molecule has 112 valence electrons. The van der Waals surface area contributed by atoms with Crippen molar-refractivity contribution in [3.8, 4) is 0 Å². The summed E-state index contributed by atoms with van der Waals surface area (Å²) in [6.45, 7) is 5.40. The summed E-state index contributed by atoms with van der Waals surface area (Å²) in [4.78, 5) is 9.97. The van der Waals surface area contributed by atoms with E-state index in [1.807, 2.05) is 7.05 Å². The van der Waals surface area contributed by atoms with Crippen molar-refractivity contribution in [1.82, 2.24) is 19.6 Å². The van der Waals surface area contributed by atoms with Gasteiger partial charge in [0.05, 0.1) is 5.69 Å². The first-order chi connectivity index (χ1) is 10.4. The molecule has 2 aliphatic rings. The van der Waals surface area contributed by atoms with E-state index in [0.29, 0.717) is 0 Å². The maximum Gasteiger partial charge on any atom is 0.152 e. The number of fused-ring (bicyclic) bond motifs is 1. The zero-order valence-electron chi connectivity index (χ0n) is 12.6. The van der Waals surface area contributed by atoms with Crippen LogP contribution >= 0.6 is 0 Å². The summed E-state index contributed by atoms with van der Waals surface area (Å²) in [5, 5.41) is 3.28. The quantitative estimate of drug-likeness (QED) is 0.919. The SMILES string of the molecule is CNCc1c(N2CCN(C3CC3)CC2)nc2ccccn12. The molecule has 0 spiro atoms. The maximum atomic E-state index is 4.87. The van der Waals surface area contributed by atoms with Crippen molar-refractivity contribution >= 4 is 11.5 Å². The summed E-state index contributed by atoms with van der Waals surface area (Å²) < 4.78 is 2.21. The fraction of sp³-hybridized carbons (Fsp3) is 0.562. The molecule has 2 aromatic heterocycles. The third kappa shape index (κ3) is 2.40. The Balaban J connectivity index is 1.61. The van der Waals surface area contributed by atoms with E-state index in [9.17, 15) is 0 Å². The smallest absolute Gasteiger partial charge is 0.152 e. The van der Waals surface area contributed by atoms with E-state index in [0.717, 1.165) is 37.1 Å². The molecule has 21 heavy (non-hydrogen) atoms. The van der Waals surface area contributed by atoms with Gasteiger partial charge >= 0.3 is 0 Å². The molecule has 1 saturated carbocycles. The summed E-state index contributed by atoms with van der Waals surface area (Å²) in [6.07, 6.45) is 4.91. The lowest BCUT2D eigenvalue weighted by Gasteiger charge is -2.35. The van der Waals surface area contributed by atoms with Gasteiger partial charge in [-0.25, -0.2) is 4.98 Å². The van der Waals surface area contributed by atoms with E-state index >= 15 is 0 Å². The molecule has 5 heteroatoms. The van der Waals surface area contributed by atoms with Gasteiger partial charge in [-0.3, -0.25) is 4.90 Å². The summed E-state index contributed by atoms with van der Waals surface area (Å²) in [7, 11) is 2.00. The van der Waals surface area contributed by atoms with Crippen molar-refractivity contribution in [2.24, 2.45) is 0 Å². The van der Waals surface area contributed by atoms with Crippen molar-refractivity contribution in [1.29, 1.82) is 0 Å². The Labute approximate surface area is 125 Å². The zero-order chi connectivity index (χ0) is 14.2. The fourth-order valence-electron chi connectivity index (χ4n) is 3.36. The van der Waals surface area contributed by atoms with Crippen molar-refractivity contribution in [3.05, 3.63) is 30.1 Å². The highest BCUT2D eigenvalue weighted by molar-refractivity contribution is 5.56. The highest BCUT2D eigenvalue weighted by Crippen LogP contribution is 2.29. The van der Waals surface area contributed by atoms with Crippen molar-refractivity contribution in [2.75, 3.05) is 38.1 Å². The minimum Gasteiger partial charge on any atom is -0.352 e. The van der Waals surface area contributed by atoms with Crippen LogP contribution in [0, 0.1) is 0 Å². The van der Waals surface area contributed by atoms with E-state index < -0.39 is 0 Å². The molecule has 0 atom stereocenters. The molecule has 5 nitrogen and oxygen atoms in total. The molecule has 1 aliphatic carbocycles. The van der Waals surface area contributed by atoms with Crippen LogP contribution in [0.1, 0.15) is 18.5 Å². The number of imidazole rings is 1. The molecule has 2 fully saturated rings. The second-order valence-corrected chi connectivity index (χ2v) is 6.10. The first-order valence-corrected chi connectivity index (χ1v) is 7.96. The Kier molecular flexibility index (Phi) is 3.31. The van der Waals surface area contributed by atoms with Crippen LogP contribution < -0.4 is 10.2 Å². The molecule has 4 rings (SSSR count). The summed E-state index contributed by atoms with van der Waals surface area (Å²) in [6, 6.07) is 7.09. The number of nitrogens with zero attached hydrogens (tertiary/aromatic N) is 4. The third-order valence-corrected chi connectivity index (χ3v) is 4.63. The van der Waals surface area contributed by atoms with E-state index in [1.54, 1.807) is 0 Å². The molecule has 2 aromatic rings. The number of hydrogen-bond donors (Lipinski definition) is 1. The number of nitrogens with one attached hydrogen (secondary N) is 1. The molecule has 0 radical (unpaired) electrons. The minimum absolute atomic E-state index is 0.851. The van der Waals surface area contributed by atoms with Gasteiger partial charge in [-0.15, -0.1) is 0 Å². The molecule has 0 aromatic carbocycles. The highest BCUT2D eigenvalue weighted by Gasteiger charge is 2.32. The van der Waals surface area contributed by atoms with Crippen LogP contribution in [-0.2, 0) is 6.54 Å². The number of aromatic nitrogens is 2. The van der Waals surface area contributed by atoms with Gasteiger partial charge in [0.1, 0.15) is 5.65 Å². The van der Waals surface area contributed by atoms with Crippen LogP contribution in [0.3, 0.4) is 0 Å². The second kappa shape index (κ2) is 5.31. The van der Waals surface area contributed by atoms with Gasteiger partial charge in [0.15, 0.2) is 5.82 Å². The lowest BCUT2D eigenvalue weighted by Crippen LogP contribution is -2.47. The first kappa shape index (κ1) is 13.1. The van der Waals surface area contributed by atoms with Crippen LogP contribution in [0.2, 0.25) is 0 Å². The first-order valence-electron chi connectivity index (χ1n) is 7.96. The molecule has 3 heterocycles. The van der Waals surface area contributed by atoms with Crippen molar-refractivity contribution in [3.63, 3.8) is 0 Å². The molecule has 0 unspecified atom stereocenters. The predicted octanol–water partition coefficient (Wildman–Crippen LogP) is 1.34. The van der Waals surface area contributed by atoms with Gasteiger partial charge in [-0.05, 0) is 32.0 Å². The summed E-state index contributed by atoms with van der Waals surface area (Å²) in [5.41, 5.74) is 2.32. The molecule has 0 bridgehead atoms. The molecule has 1 aliphatic heterocycles. The van der Waals surface area contributed by atoms with Gasteiger partial charge < -0.3 is 14.6 Å². The zero-order valence-corrected chi connectivity index (χ0v) is 12.6. The molecule has 0 amide bonds. The van der Waals surface area contributed by atoms with Crippen molar-refractivity contribution in [2.45, 2.75) is 25.4 Å². The van der Waals surface area contributed by atoms with E-state index in [1.165, 1.54) is 31.6 Å². The topological polar surface area (TPSA) is 35.8 Å². The molecule has 1 saturated heterocycles. The van der Waals surface area contributed by atoms with E-state index in [4.69, 9.17) is 4.98 Å².